The maximum atomic E-state index is 13.5. The monoisotopic (exact) mass is 219 g/mol. The topological polar surface area (TPSA) is 41.6 Å². The molecule has 0 radical (unpaired) electrons. The van der Waals surface area contributed by atoms with Gasteiger partial charge in [0.1, 0.15) is 5.69 Å². The molecule has 5 heteroatoms. The van der Waals surface area contributed by atoms with Gasteiger partial charge in [0.05, 0.1) is 17.8 Å². The summed E-state index contributed by atoms with van der Waals surface area (Å²) in [6.07, 6.45) is 3.00. The van der Waals surface area contributed by atoms with Crippen molar-refractivity contribution in [1.82, 2.24) is 9.78 Å². The van der Waals surface area contributed by atoms with Crippen molar-refractivity contribution in [2.45, 2.75) is 6.92 Å². The Kier molecular flexibility index (Phi) is 2.41. The van der Waals surface area contributed by atoms with E-state index in [1.807, 2.05) is 0 Å². The summed E-state index contributed by atoms with van der Waals surface area (Å²) in [6.45, 7) is 1.77. The molecule has 0 spiro atoms. The van der Waals surface area contributed by atoms with Crippen LogP contribution in [0.15, 0.2) is 24.5 Å². The number of nitrogens with zero attached hydrogens (tertiary/aromatic N) is 3. The Morgan fingerprint density at radius 2 is 1.94 bits per heavy atom. The maximum Gasteiger partial charge on any atom is 0.153 e. The van der Waals surface area contributed by atoms with Gasteiger partial charge in [-0.1, -0.05) is 0 Å². The highest BCUT2D eigenvalue weighted by molar-refractivity contribution is 5.42. The molecular formula is C11H7F2N3. The van der Waals surface area contributed by atoms with Gasteiger partial charge in [-0.3, -0.25) is 0 Å². The number of hydrogen-bond donors (Lipinski definition) is 0. The van der Waals surface area contributed by atoms with Crippen LogP contribution in [0.3, 0.4) is 0 Å². The Bertz CT molecular complexity index is 558. The van der Waals surface area contributed by atoms with Crippen molar-refractivity contribution in [3.05, 3.63) is 47.3 Å². The standard InChI is InChI=1S/C11H7F2N3/c1-7-5-15-16(6-7)11-9(12)2-8(4-14)3-10(11)13/h2-3,5-6H,1H3. The molecule has 1 aromatic heterocycles. The molecule has 0 unspecified atom stereocenters. The second-order valence-electron chi connectivity index (χ2n) is 3.36. The number of halogens is 2. The molecule has 0 aliphatic carbocycles. The lowest BCUT2D eigenvalue weighted by Crippen LogP contribution is -2.02. The summed E-state index contributed by atoms with van der Waals surface area (Å²) in [5.74, 6) is -1.61. The SMILES string of the molecule is Cc1cnn(-c2c(F)cc(C#N)cc2F)c1. The predicted molar refractivity (Wildman–Crippen MR) is 52.9 cm³/mol. The quantitative estimate of drug-likeness (QED) is 0.738. The van der Waals surface area contributed by atoms with Crippen LogP contribution in [-0.2, 0) is 0 Å². The first-order valence-electron chi connectivity index (χ1n) is 4.52. The highest BCUT2D eigenvalue weighted by atomic mass is 19.1. The highest BCUT2D eigenvalue weighted by Gasteiger charge is 2.13. The Morgan fingerprint density at radius 3 is 2.38 bits per heavy atom. The number of nitriles is 1. The summed E-state index contributed by atoms with van der Waals surface area (Å²) in [5.41, 5.74) is 0.470. The van der Waals surface area contributed by atoms with E-state index in [1.54, 1.807) is 13.0 Å². The van der Waals surface area contributed by atoms with Gasteiger partial charge in [0.2, 0.25) is 0 Å². The van der Waals surface area contributed by atoms with E-state index in [4.69, 9.17) is 5.26 Å². The number of aryl methyl sites for hydroxylation is 1. The second kappa shape index (κ2) is 3.74. The highest BCUT2D eigenvalue weighted by Crippen LogP contribution is 2.19. The van der Waals surface area contributed by atoms with Crippen LogP contribution in [-0.4, -0.2) is 9.78 Å². The van der Waals surface area contributed by atoms with Crippen molar-refractivity contribution in [3.63, 3.8) is 0 Å². The fourth-order valence-electron chi connectivity index (χ4n) is 1.38. The van der Waals surface area contributed by atoms with E-state index in [9.17, 15) is 8.78 Å². The van der Waals surface area contributed by atoms with Crippen LogP contribution in [0, 0.1) is 29.9 Å². The predicted octanol–water partition coefficient (Wildman–Crippen LogP) is 2.33. The Balaban J connectivity index is 2.63. The van der Waals surface area contributed by atoms with Crippen LogP contribution in [0.2, 0.25) is 0 Å². The summed E-state index contributed by atoms with van der Waals surface area (Å²) >= 11 is 0. The minimum absolute atomic E-state index is 0.0531. The second-order valence-corrected chi connectivity index (χ2v) is 3.36. The smallest absolute Gasteiger partial charge is 0.153 e. The molecule has 0 aliphatic heterocycles. The Morgan fingerprint density at radius 1 is 1.31 bits per heavy atom. The average Bonchev–Trinajstić information content (AvgIpc) is 2.63. The molecule has 0 saturated carbocycles. The third-order valence-corrected chi connectivity index (χ3v) is 2.09. The first-order valence-corrected chi connectivity index (χ1v) is 4.52. The van der Waals surface area contributed by atoms with Crippen molar-refractivity contribution in [2.75, 3.05) is 0 Å². The van der Waals surface area contributed by atoms with Crippen molar-refractivity contribution < 1.29 is 8.78 Å². The number of aromatic nitrogens is 2. The minimum Gasteiger partial charge on any atom is -0.235 e. The molecule has 1 heterocycles. The van der Waals surface area contributed by atoms with E-state index in [1.165, 1.54) is 12.4 Å². The van der Waals surface area contributed by atoms with Crippen molar-refractivity contribution >= 4 is 0 Å². The van der Waals surface area contributed by atoms with Gasteiger partial charge in [-0.05, 0) is 24.6 Å². The molecule has 0 atom stereocenters. The maximum absolute atomic E-state index is 13.5. The molecule has 2 aromatic rings. The Labute approximate surface area is 90.5 Å². The summed E-state index contributed by atoms with van der Waals surface area (Å²) in [4.78, 5) is 0. The minimum atomic E-state index is -0.806. The molecule has 1 aromatic carbocycles. The van der Waals surface area contributed by atoms with Crippen molar-refractivity contribution in [2.24, 2.45) is 0 Å². The van der Waals surface area contributed by atoms with Crippen molar-refractivity contribution in [1.29, 1.82) is 5.26 Å². The van der Waals surface area contributed by atoms with E-state index >= 15 is 0 Å². The van der Waals surface area contributed by atoms with Gasteiger partial charge in [0, 0.05) is 6.20 Å². The van der Waals surface area contributed by atoms with Gasteiger partial charge in [-0.25, -0.2) is 13.5 Å². The van der Waals surface area contributed by atoms with Crippen molar-refractivity contribution in [3.8, 4) is 11.8 Å². The van der Waals surface area contributed by atoms with Gasteiger partial charge < -0.3 is 0 Å². The van der Waals surface area contributed by atoms with E-state index in [-0.39, 0.29) is 11.3 Å². The van der Waals surface area contributed by atoms with Gasteiger partial charge in [-0.2, -0.15) is 10.4 Å². The summed E-state index contributed by atoms with van der Waals surface area (Å²) in [5, 5.41) is 12.4. The molecule has 0 aliphatic rings. The third kappa shape index (κ3) is 1.65. The molecule has 0 saturated heterocycles. The van der Waals surface area contributed by atoms with Crippen LogP contribution in [0.1, 0.15) is 11.1 Å². The zero-order chi connectivity index (χ0) is 11.7. The van der Waals surface area contributed by atoms with E-state index in [0.717, 1.165) is 22.4 Å². The normalized spacial score (nSPS) is 10.1. The lowest BCUT2D eigenvalue weighted by atomic mass is 10.2. The zero-order valence-corrected chi connectivity index (χ0v) is 8.41. The third-order valence-electron chi connectivity index (χ3n) is 2.09. The molecule has 16 heavy (non-hydrogen) atoms. The van der Waals surface area contributed by atoms with Crippen LogP contribution in [0.25, 0.3) is 5.69 Å². The Hall–Kier alpha value is -2.22. The van der Waals surface area contributed by atoms with Crippen LogP contribution < -0.4 is 0 Å². The van der Waals surface area contributed by atoms with Gasteiger partial charge in [0.15, 0.2) is 11.6 Å². The summed E-state index contributed by atoms with van der Waals surface area (Å²) in [6, 6.07) is 3.65. The lowest BCUT2D eigenvalue weighted by molar-refractivity contribution is 0.559. The molecule has 3 nitrogen and oxygen atoms in total. The van der Waals surface area contributed by atoms with E-state index < -0.39 is 11.6 Å². The number of rotatable bonds is 1. The lowest BCUT2D eigenvalue weighted by Gasteiger charge is -2.04. The molecule has 0 N–H and O–H groups in total. The molecule has 0 bridgehead atoms. The first-order chi connectivity index (χ1) is 7.61. The van der Waals surface area contributed by atoms with Gasteiger partial charge >= 0.3 is 0 Å². The van der Waals surface area contributed by atoms with E-state index in [0.29, 0.717) is 0 Å². The number of benzene rings is 1. The van der Waals surface area contributed by atoms with Crippen LogP contribution in [0.4, 0.5) is 8.78 Å². The fourth-order valence-corrected chi connectivity index (χ4v) is 1.38. The fraction of sp³-hybridized carbons (Fsp3) is 0.0909. The van der Waals surface area contributed by atoms with Crippen LogP contribution >= 0.6 is 0 Å². The zero-order valence-electron chi connectivity index (χ0n) is 8.41. The molecule has 2 rings (SSSR count). The summed E-state index contributed by atoms with van der Waals surface area (Å²) < 4.78 is 28.2. The molecular weight excluding hydrogens is 212 g/mol. The first kappa shape index (κ1) is 10.3. The summed E-state index contributed by atoms with van der Waals surface area (Å²) in [7, 11) is 0. The largest absolute Gasteiger partial charge is 0.235 e. The van der Waals surface area contributed by atoms with Gasteiger partial charge in [-0.15, -0.1) is 0 Å². The van der Waals surface area contributed by atoms with E-state index in [2.05, 4.69) is 5.10 Å². The number of hydrogen-bond acceptors (Lipinski definition) is 2. The molecule has 80 valence electrons. The van der Waals surface area contributed by atoms with Crippen LogP contribution in [0.5, 0.6) is 0 Å². The van der Waals surface area contributed by atoms with Gasteiger partial charge in [0.25, 0.3) is 0 Å². The average molecular weight is 219 g/mol. The molecule has 0 fully saturated rings. The molecule has 0 amide bonds.